The van der Waals surface area contributed by atoms with Gasteiger partial charge in [0, 0.05) is 56.2 Å². The Bertz CT molecular complexity index is 911. The molecule has 1 aromatic heterocycles. The summed E-state index contributed by atoms with van der Waals surface area (Å²) < 4.78 is 0. The fourth-order valence-electron chi connectivity index (χ4n) is 3.84. The highest BCUT2D eigenvalue weighted by Gasteiger charge is 2.29. The second kappa shape index (κ2) is 10.2. The molecule has 2 N–H and O–H groups in total. The fourth-order valence-corrected chi connectivity index (χ4v) is 3.84. The van der Waals surface area contributed by atoms with E-state index in [2.05, 4.69) is 20.5 Å². The van der Waals surface area contributed by atoms with Gasteiger partial charge in [-0.15, -0.1) is 0 Å². The van der Waals surface area contributed by atoms with Crippen LogP contribution in [0.3, 0.4) is 0 Å². The van der Waals surface area contributed by atoms with E-state index in [4.69, 9.17) is 4.98 Å². The van der Waals surface area contributed by atoms with Crippen LogP contribution in [0.4, 0.5) is 23.1 Å². The Kier molecular flexibility index (Phi) is 7.44. The number of hydrogen-bond donors (Lipinski definition) is 2. The lowest BCUT2D eigenvalue weighted by atomic mass is 9.96. The predicted octanol–water partition coefficient (Wildman–Crippen LogP) is 3.57. The Morgan fingerprint density at radius 1 is 1.16 bits per heavy atom. The van der Waals surface area contributed by atoms with Crippen LogP contribution in [-0.2, 0) is 9.59 Å². The number of amides is 2. The predicted molar refractivity (Wildman–Crippen MR) is 124 cm³/mol. The Morgan fingerprint density at radius 3 is 2.48 bits per heavy atom. The molecule has 1 unspecified atom stereocenters. The van der Waals surface area contributed by atoms with E-state index in [1.807, 2.05) is 56.1 Å². The van der Waals surface area contributed by atoms with Gasteiger partial charge in [-0.2, -0.15) is 4.98 Å². The second-order valence-corrected chi connectivity index (χ2v) is 7.88. The zero-order valence-electron chi connectivity index (χ0n) is 18.8. The summed E-state index contributed by atoms with van der Waals surface area (Å²) in [5, 5.41) is 6.10. The molecule has 1 aliphatic rings. The van der Waals surface area contributed by atoms with Crippen LogP contribution in [-0.4, -0.2) is 52.9 Å². The van der Waals surface area contributed by atoms with E-state index in [-0.39, 0.29) is 17.7 Å². The van der Waals surface area contributed by atoms with E-state index in [1.165, 1.54) is 6.92 Å². The Morgan fingerprint density at radius 2 is 1.84 bits per heavy atom. The zero-order chi connectivity index (χ0) is 22.4. The van der Waals surface area contributed by atoms with E-state index in [1.54, 1.807) is 0 Å². The van der Waals surface area contributed by atoms with E-state index in [9.17, 15) is 9.59 Å². The summed E-state index contributed by atoms with van der Waals surface area (Å²) in [5.74, 6) is 1.47. The summed E-state index contributed by atoms with van der Waals surface area (Å²) in [6.45, 7) is 10.4. The van der Waals surface area contributed by atoms with E-state index in [0.29, 0.717) is 12.5 Å². The summed E-state index contributed by atoms with van der Waals surface area (Å²) in [7, 11) is 0. The number of aromatic nitrogens is 2. The third kappa shape index (κ3) is 5.71. The summed E-state index contributed by atoms with van der Waals surface area (Å²) in [6, 6.07) is 7.47. The molecule has 1 atom stereocenters. The minimum Gasteiger partial charge on any atom is -0.343 e. The van der Waals surface area contributed by atoms with Crippen molar-refractivity contribution in [2.75, 3.05) is 41.7 Å². The summed E-state index contributed by atoms with van der Waals surface area (Å²) in [5.41, 5.74) is 2.55. The van der Waals surface area contributed by atoms with Crippen molar-refractivity contribution in [2.24, 2.45) is 5.92 Å². The molecule has 2 amide bonds. The number of nitrogens with one attached hydrogen (secondary N) is 2. The Balaban J connectivity index is 1.73. The van der Waals surface area contributed by atoms with Crippen molar-refractivity contribution in [2.45, 2.75) is 40.5 Å². The van der Waals surface area contributed by atoms with E-state index < -0.39 is 0 Å². The summed E-state index contributed by atoms with van der Waals surface area (Å²) in [6.07, 6.45) is 3.66. The number of benzene rings is 1. The molecule has 1 aromatic carbocycles. The Labute approximate surface area is 184 Å². The van der Waals surface area contributed by atoms with Gasteiger partial charge in [-0.05, 0) is 57.9 Å². The normalized spacial score (nSPS) is 16.0. The lowest BCUT2D eigenvalue weighted by Crippen LogP contribution is -2.45. The summed E-state index contributed by atoms with van der Waals surface area (Å²) >= 11 is 0. The number of hydrogen-bond acceptors (Lipinski definition) is 6. The molecule has 31 heavy (non-hydrogen) atoms. The smallest absolute Gasteiger partial charge is 0.227 e. The van der Waals surface area contributed by atoms with Crippen molar-refractivity contribution >= 4 is 35.0 Å². The maximum Gasteiger partial charge on any atom is 0.227 e. The highest BCUT2D eigenvalue weighted by Crippen LogP contribution is 2.25. The molecule has 8 nitrogen and oxygen atoms in total. The molecule has 1 saturated heterocycles. The molecule has 166 valence electrons. The average Bonchev–Trinajstić information content (AvgIpc) is 2.77. The third-order valence-corrected chi connectivity index (χ3v) is 5.56. The molecular weight excluding hydrogens is 392 g/mol. The largest absolute Gasteiger partial charge is 0.343 e. The van der Waals surface area contributed by atoms with Gasteiger partial charge in [0.2, 0.25) is 17.8 Å². The van der Waals surface area contributed by atoms with Gasteiger partial charge in [0.25, 0.3) is 0 Å². The van der Waals surface area contributed by atoms with Gasteiger partial charge in [0.15, 0.2) is 0 Å². The SMILES string of the molecule is CCN(CC)C(=O)C1CCCN(c2ncc(C)c(Nc3ccc(NC(C)=O)cc3)n2)C1. The minimum absolute atomic E-state index is 0.0173. The van der Waals surface area contributed by atoms with Gasteiger partial charge >= 0.3 is 0 Å². The van der Waals surface area contributed by atoms with Crippen molar-refractivity contribution in [1.82, 2.24) is 14.9 Å². The lowest BCUT2D eigenvalue weighted by Gasteiger charge is -2.34. The van der Waals surface area contributed by atoms with Crippen molar-refractivity contribution < 1.29 is 9.59 Å². The monoisotopic (exact) mass is 424 g/mol. The first-order chi connectivity index (χ1) is 14.9. The van der Waals surface area contributed by atoms with Crippen LogP contribution in [0.1, 0.15) is 39.2 Å². The zero-order valence-corrected chi connectivity index (χ0v) is 18.8. The fraction of sp³-hybridized carbons (Fsp3) is 0.478. The number of piperidine rings is 1. The topological polar surface area (TPSA) is 90.5 Å². The molecule has 2 heterocycles. The maximum absolute atomic E-state index is 12.8. The van der Waals surface area contributed by atoms with Crippen LogP contribution >= 0.6 is 0 Å². The molecule has 1 fully saturated rings. The highest BCUT2D eigenvalue weighted by molar-refractivity contribution is 5.88. The molecule has 8 heteroatoms. The van der Waals surface area contributed by atoms with Crippen LogP contribution in [0.2, 0.25) is 0 Å². The maximum atomic E-state index is 12.8. The van der Waals surface area contributed by atoms with E-state index in [0.717, 1.165) is 55.2 Å². The standard InChI is InChI=1S/C23H32N6O2/c1-5-28(6-2)22(31)18-8-7-13-29(15-18)23-24-14-16(3)21(27-23)26-20-11-9-19(10-12-20)25-17(4)30/h9-12,14,18H,5-8,13,15H2,1-4H3,(H,25,30)(H,24,26,27). The van der Waals surface area contributed by atoms with Crippen molar-refractivity contribution in [3.63, 3.8) is 0 Å². The molecule has 0 spiro atoms. The van der Waals surface area contributed by atoms with Crippen LogP contribution in [0.5, 0.6) is 0 Å². The van der Waals surface area contributed by atoms with Crippen LogP contribution in [0.15, 0.2) is 30.5 Å². The number of anilines is 4. The summed E-state index contributed by atoms with van der Waals surface area (Å²) in [4.78, 5) is 37.3. The number of carbonyl (C=O) groups excluding carboxylic acids is 2. The van der Waals surface area contributed by atoms with Crippen LogP contribution < -0.4 is 15.5 Å². The molecule has 0 aliphatic carbocycles. The van der Waals surface area contributed by atoms with Crippen molar-refractivity contribution in [1.29, 1.82) is 0 Å². The van der Waals surface area contributed by atoms with Crippen LogP contribution in [0.25, 0.3) is 0 Å². The molecule has 0 bridgehead atoms. The van der Waals surface area contributed by atoms with Gasteiger partial charge in [-0.3, -0.25) is 9.59 Å². The van der Waals surface area contributed by atoms with Crippen LogP contribution in [0, 0.1) is 12.8 Å². The van der Waals surface area contributed by atoms with E-state index >= 15 is 0 Å². The molecule has 0 radical (unpaired) electrons. The van der Waals surface area contributed by atoms with Gasteiger partial charge < -0.3 is 20.4 Å². The molecule has 3 rings (SSSR count). The second-order valence-electron chi connectivity index (χ2n) is 7.88. The number of rotatable bonds is 7. The lowest BCUT2D eigenvalue weighted by molar-refractivity contribution is -0.135. The first-order valence-corrected chi connectivity index (χ1v) is 10.9. The van der Waals surface area contributed by atoms with Gasteiger partial charge in [-0.25, -0.2) is 4.98 Å². The number of carbonyl (C=O) groups is 2. The molecule has 2 aromatic rings. The van der Waals surface area contributed by atoms with Gasteiger partial charge in [0.1, 0.15) is 5.82 Å². The Hall–Kier alpha value is -3.16. The molecular formula is C23H32N6O2. The van der Waals surface area contributed by atoms with Gasteiger partial charge in [-0.1, -0.05) is 0 Å². The third-order valence-electron chi connectivity index (χ3n) is 5.56. The van der Waals surface area contributed by atoms with Gasteiger partial charge in [0.05, 0.1) is 5.92 Å². The first kappa shape index (κ1) is 22.5. The number of nitrogens with zero attached hydrogens (tertiary/aromatic N) is 4. The van der Waals surface area contributed by atoms with Crippen molar-refractivity contribution in [3.8, 4) is 0 Å². The quantitative estimate of drug-likeness (QED) is 0.706. The minimum atomic E-state index is -0.101. The molecule has 0 saturated carbocycles. The van der Waals surface area contributed by atoms with Crippen molar-refractivity contribution in [3.05, 3.63) is 36.0 Å². The average molecular weight is 425 g/mol. The first-order valence-electron chi connectivity index (χ1n) is 10.9. The molecule has 1 aliphatic heterocycles. The number of aryl methyl sites for hydroxylation is 1. The highest BCUT2D eigenvalue weighted by atomic mass is 16.2.